The molecule has 0 radical (unpaired) electrons. The molecule has 0 bridgehead atoms. The zero-order valence-electron chi connectivity index (χ0n) is 20.0. The van der Waals surface area contributed by atoms with Gasteiger partial charge in [-0.25, -0.2) is 9.98 Å². The largest absolute Gasteiger partial charge is 0.491 e. The van der Waals surface area contributed by atoms with Crippen LogP contribution >= 0.6 is 0 Å². The van der Waals surface area contributed by atoms with E-state index < -0.39 is 0 Å². The van der Waals surface area contributed by atoms with E-state index in [2.05, 4.69) is 66.8 Å². The maximum Gasteiger partial charge on any atom is 0.219 e. The number of hydrogen-bond acceptors (Lipinski definition) is 8. The van der Waals surface area contributed by atoms with Crippen LogP contribution in [0, 0.1) is 0 Å². The van der Waals surface area contributed by atoms with E-state index in [1.165, 1.54) is 11.1 Å². The first-order valence-corrected chi connectivity index (χ1v) is 12.4. The van der Waals surface area contributed by atoms with Crippen LogP contribution in [0.15, 0.2) is 57.9 Å². The molecular weight excluding hydrogens is 442 g/mol. The second kappa shape index (κ2) is 9.13. The lowest BCUT2D eigenvalue weighted by atomic mass is 10.1. The van der Waals surface area contributed by atoms with Gasteiger partial charge in [-0.3, -0.25) is 4.79 Å². The first-order chi connectivity index (χ1) is 17.2. The van der Waals surface area contributed by atoms with Crippen molar-refractivity contribution in [1.29, 1.82) is 0 Å². The van der Waals surface area contributed by atoms with Gasteiger partial charge in [0.15, 0.2) is 6.17 Å². The summed E-state index contributed by atoms with van der Waals surface area (Å²) in [5.41, 5.74) is 2.19. The number of anilines is 1. The smallest absolute Gasteiger partial charge is 0.219 e. The second-order valence-corrected chi connectivity index (χ2v) is 9.44. The molecule has 0 aliphatic carbocycles. The molecule has 2 aromatic rings. The normalized spacial score (nSPS) is 23.5. The minimum atomic E-state index is -0.165. The van der Waals surface area contributed by atoms with Gasteiger partial charge < -0.3 is 30.1 Å². The van der Waals surface area contributed by atoms with E-state index in [1.807, 2.05) is 4.90 Å². The number of fused-ring (bicyclic) bond motifs is 2. The Morgan fingerprint density at radius 1 is 1.06 bits per heavy atom. The molecule has 6 rings (SSSR count). The summed E-state index contributed by atoms with van der Waals surface area (Å²) in [6, 6.07) is 13.1. The highest BCUT2D eigenvalue weighted by Crippen LogP contribution is 2.32. The highest BCUT2D eigenvalue weighted by atomic mass is 16.5. The van der Waals surface area contributed by atoms with Crippen LogP contribution in [0.25, 0.3) is 10.8 Å². The van der Waals surface area contributed by atoms with Crippen molar-refractivity contribution in [3.8, 4) is 5.75 Å². The van der Waals surface area contributed by atoms with Crippen molar-refractivity contribution in [3.05, 3.63) is 47.9 Å². The highest BCUT2D eigenvalue weighted by Gasteiger charge is 2.33. The summed E-state index contributed by atoms with van der Waals surface area (Å²) in [5, 5.41) is 8.88. The second-order valence-electron chi connectivity index (χ2n) is 9.44. The summed E-state index contributed by atoms with van der Waals surface area (Å²) in [6.45, 7) is 6.46. The van der Waals surface area contributed by atoms with E-state index in [4.69, 9.17) is 4.74 Å². The Kier molecular flexibility index (Phi) is 5.67. The molecule has 4 heterocycles. The van der Waals surface area contributed by atoms with Crippen LogP contribution in [0.5, 0.6) is 5.75 Å². The average Bonchev–Trinajstić information content (AvgIpc) is 3.56. The number of rotatable bonds is 5. The van der Waals surface area contributed by atoms with Crippen LogP contribution in [-0.4, -0.2) is 79.9 Å². The van der Waals surface area contributed by atoms with Crippen molar-refractivity contribution in [3.63, 3.8) is 0 Å². The molecule has 2 aromatic carbocycles. The molecule has 9 nitrogen and oxygen atoms in total. The van der Waals surface area contributed by atoms with Crippen LogP contribution in [-0.2, 0) is 4.79 Å². The number of hydrogen-bond donors (Lipinski definition) is 2. The number of carbonyl (C=O) groups is 1. The van der Waals surface area contributed by atoms with Gasteiger partial charge in [0.25, 0.3) is 0 Å². The maximum atomic E-state index is 11.7. The molecule has 9 heteroatoms. The van der Waals surface area contributed by atoms with E-state index in [9.17, 15) is 4.79 Å². The number of nitrogens with one attached hydrogen (secondary N) is 2. The minimum Gasteiger partial charge on any atom is -0.491 e. The van der Waals surface area contributed by atoms with E-state index in [1.54, 1.807) is 19.6 Å². The number of likely N-dealkylation sites (tertiary alicyclic amines) is 1. The fourth-order valence-electron chi connectivity index (χ4n) is 5.44. The quantitative estimate of drug-likeness (QED) is 0.692. The number of ether oxygens (including phenoxy) is 1. The molecule has 4 aliphatic rings. The fraction of sp³-hybridized carbons (Fsp3) is 0.423. The minimum absolute atomic E-state index is 0.152. The van der Waals surface area contributed by atoms with Gasteiger partial charge in [-0.15, -0.1) is 0 Å². The van der Waals surface area contributed by atoms with Crippen molar-refractivity contribution in [2.24, 2.45) is 9.98 Å². The summed E-state index contributed by atoms with van der Waals surface area (Å²) >= 11 is 0. The van der Waals surface area contributed by atoms with E-state index in [0.717, 1.165) is 68.2 Å². The predicted octanol–water partition coefficient (Wildman–Crippen LogP) is 2.11. The number of nitrogens with zero attached hydrogens (tertiary/aromatic N) is 5. The van der Waals surface area contributed by atoms with Crippen molar-refractivity contribution in [2.75, 3.05) is 44.2 Å². The SMILES string of the molecule is CC(=O)N1CCN(c2ccc3cccc(OC[C@H]4CCCN4C4=C5NC=NC5N=CN4)c3c2)CC1. The van der Waals surface area contributed by atoms with Gasteiger partial charge in [0.05, 0.1) is 18.7 Å². The van der Waals surface area contributed by atoms with Gasteiger partial charge >= 0.3 is 0 Å². The Bertz CT molecular complexity index is 1220. The van der Waals surface area contributed by atoms with Gasteiger partial charge in [0, 0.05) is 50.7 Å². The summed E-state index contributed by atoms with van der Waals surface area (Å²) < 4.78 is 6.48. The third kappa shape index (κ3) is 4.15. The van der Waals surface area contributed by atoms with Gasteiger partial charge in [-0.05, 0) is 36.4 Å². The molecule has 1 amide bonds. The summed E-state index contributed by atoms with van der Waals surface area (Å²) in [4.78, 5) is 27.1. The number of piperazine rings is 1. The van der Waals surface area contributed by atoms with Crippen molar-refractivity contribution >= 4 is 35.0 Å². The third-order valence-corrected chi connectivity index (χ3v) is 7.38. The Hall–Kier alpha value is -3.75. The van der Waals surface area contributed by atoms with Crippen LogP contribution in [0.3, 0.4) is 0 Å². The van der Waals surface area contributed by atoms with Crippen LogP contribution in [0.2, 0.25) is 0 Å². The molecule has 0 spiro atoms. The van der Waals surface area contributed by atoms with Crippen LogP contribution in [0.1, 0.15) is 19.8 Å². The van der Waals surface area contributed by atoms with Gasteiger partial charge in [0.2, 0.25) is 5.91 Å². The Balaban J connectivity index is 1.18. The molecule has 2 N–H and O–H groups in total. The van der Waals surface area contributed by atoms with E-state index >= 15 is 0 Å². The Morgan fingerprint density at radius 2 is 1.89 bits per heavy atom. The van der Waals surface area contributed by atoms with Gasteiger partial charge in [-0.2, -0.15) is 0 Å². The molecule has 182 valence electrons. The fourth-order valence-corrected chi connectivity index (χ4v) is 5.44. The number of carbonyl (C=O) groups excluding carboxylic acids is 1. The van der Waals surface area contributed by atoms with E-state index in [0.29, 0.717) is 6.61 Å². The zero-order chi connectivity index (χ0) is 23.8. The lowest BCUT2D eigenvalue weighted by molar-refractivity contribution is -0.129. The number of aliphatic imine (C=N–C) groups is 2. The zero-order valence-corrected chi connectivity index (χ0v) is 20.0. The van der Waals surface area contributed by atoms with Crippen molar-refractivity contribution in [1.82, 2.24) is 20.4 Å². The molecule has 0 aromatic heterocycles. The molecule has 4 aliphatic heterocycles. The van der Waals surface area contributed by atoms with Crippen LogP contribution < -0.4 is 20.3 Å². The lowest BCUT2D eigenvalue weighted by Gasteiger charge is -2.35. The summed E-state index contributed by atoms with van der Waals surface area (Å²) in [5.74, 6) is 2.12. The molecular formula is C26H31N7O2. The lowest BCUT2D eigenvalue weighted by Crippen LogP contribution is -2.48. The predicted molar refractivity (Wildman–Crippen MR) is 138 cm³/mol. The highest BCUT2D eigenvalue weighted by molar-refractivity contribution is 5.91. The number of amides is 1. The Labute approximate surface area is 205 Å². The third-order valence-electron chi connectivity index (χ3n) is 7.38. The number of benzene rings is 2. The van der Waals surface area contributed by atoms with Gasteiger partial charge in [-0.1, -0.05) is 18.2 Å². The topological polar surface area (TPSA) is 84.8 Å². The van der Waals surface area contributed by atoms with Gasteiger partial charge in [0.1, 0.15) is 23.9 Å². The molecule has 0 saturated carbocycles. The first-order valence-electron chi connectivity index (χ1n) is 12.4. The first kappa shape index (κ1) is 21.8. The average molecular weight is 474 g/mol. The standard InChI is InChI=1S/C26H31N7O2/c1-18(34)31-10-12-32(13-11-31)20-8-7-19-4-2-6-23(22(19)14-20)35-15-21-5-3-9-33(21)26-24-25(28-16-27-24)29-17-30-26/h2,4,6-8,14,16-17,21,25H,3,5,9-13,15H2,1H3,(H,27,28)(H,29,30)/t21-,25?/m1/s1. The summed E-state index contributed by atoms with van der Waals surface area (Å²) in [6.07, 6.45) is 5.51. The molecule has 1 unspecified atom stereocenters. The van der Waals surface area contributed by atoms with E-state index in [-0.39, 0.29) is 18.1 Å². The molecule has 2 saturated heterocycles. The van der Waals surface area contributed by atoms with Crippen molar-refractivity contribution < 1.29 is 9.53 Å². The maximum absolute atomic E-state index is 11.7. The molecule has 2 atom stereocenters. The van der Waals surface area contributed by atoms with Crippen molar-refractivity contribution in [2.45, 2.75) is 32.0 Å². The Morgan fingerprint density at radius 3 is 2.71 bits per heavy atom. The van der Waals surface area contributed by atoms with Crippen LogP contribution in [0.4, 0.5) is 5.69 Å². The monoisotopic (exact) mass is 473 g/mol. The summed E-state index contributed by atoms with van der Waals surface area (Å²) in [7, 11) is 0. The molecule has 35 heavy (non-hydrogen) atoms. The molecule has 2 fully saturated rings.